The van der Waals surface area contributed by atoms with E-state index < -0.39 is 23.6 Å². The van der Waals surface area contributed by atoms with Crippen LogP contribution in [0.2, 0.25) is 0 Å². The number of carboxylic acids is 1. The molecule has 10 nitrogen and oxygen atoms in total. The predicted molar refractivity (Wildman–Crippen MR) is 164 cm³/mol. The molecule has 2 amide bonds. The number of nitrogens with two attached hydrogens (primary N) is 1. The van der Waals surface area contributed by atoms with E-state index in [9.17, 15) is 19.5 Å². The van der Waals surface area contributed by atoms with Gasteiger partial charge in [0.15, 0.2) is 5.69 Å². The van der Waals surface area contributed by atoms with Gasteiger partial charge in [0.2, 0.25) is 17.7 Å². The fourth-order valence-electron chi connectivity index (χ4n) is 7.38. The van der Waals surface area contributed by atoms with Crippen molar-refractivity contribution >= 4 is 28.7 Å². The number of aromatic nitrogens is 2. The maximum Gasteiger partial charge on any atom is 0.358 e. The molecule has 10 heteroatoms. The average molecular weight is 592 g/mol. The van der Waals surface area contributed by atoms with Crippen molar-refractivity contribution in [2.24, 2.45) is 12.8 Å². The summed E-state index contributed by atoms with van der Waals surface area (Å²) in [4.78, 5) is 49.2. The summed E-state index contributed by atoms with van der Waals surface area (Å²) in [7, 11) is 3.84. The number of hydrogen-bond donors (Lipinski definition) is 2. The first-order valence-electron chi connectivity index (χ1n) is 15.6. The number of carbonyl (C=O) groups excluding carboxylic acids is 2. The van der Waals surface area contributed by atoms with Crippen molar-refractivity contribution in [2.45, 2.75) is 108 Å². The normalized spacial score (nSPS) is 18.7. The van der Waals surface area contributed by atoms with Crippen LogP contribution in [-0.2, 0) is 23.1 Å². The molecule has 2 aliphatic rings. The Hall–Kier alpha value is -3.66. The molecule has 232 valence electrons. The average Bonchev–Trinajstić information content (AvgIpc) is 3.56. The van der Waals surface area contributed by atoms with Gasteiger partial charge in [0.25, 0.3) is 0 Å². The van der Waals surface area contributed by atoms with E-state index in [4.69, 9.17) is 10.2 Å². The molecule has 0 unspecified atom stereocenters. The van der Waals surface area contributed by atoms with Crippen molar-refractivity contribution in [3.8, 4) is 0 Å². The van der Waals surface area contributed by atoms with Gasteiger partial charge < -0.3 is 29.6 Å². The van der Waals surface area contributed by atoms with Gasteiger partial charge >= 0.3 is 5.97 Å². The second kappa shape index (κ2) is 12.5. The molecule has 5 rings (SSSR count). The summed E-state index contributed by atoms with van der Waals surface area (Å²) in [5.41, 5.74) is 6.95. The van der Waals surface area contributed by atoms with Gasteiger partial charge in [-0.2, -0.15) is 0 Å². The predicted octanol–water partition coefficient (Wildman–Crippen LogP) is 5.13. The molecule has 3 N–H and O–H groups in total. The lowest BCUT2D eigenvalue weighted by atomic mass is 9.76. The van der Waals surface area contributed by atoms with Gasteiger partial charge in [0.1, 0.15) is 17.3 Å². The number of nitrogens with zero attached hydrogens (tertiary/aromatic N) is 4. The fraction of sp³-hybridized carbons (Fsp3) is 0.576. The molecular formula is C33H45N5O5. The molecule has 43 heavy (non-hydrogen) atoms. The summed E-state index contributed by atoms with van der Waals surface area (Å²) >= 11 is 0. The Kier molecular flexibility index (Phi) is 8.96. The van der Waals surface area contributed by atoms with Crippen LogP contribution >= 0.6 is 0 Å². The van der Waals surface area contributed by atoms with Gasteiger partial charge in [-0.25, -0.2) is 9.78 Å². The maximum atomic E-state index is 14.8. The van der Waals surface area contributed by atoms with Crippen LogP contribution in [-0.4, -0.2) is 66.9 Å². The van der Waals surface area contributed by atoms with E-state index in [1.807, 2.05) is 54.0 Å². The van der Waals surface area contributed by atoms with E-state index in [0.29, 0.717) is 12.8 Å². The van der Waals surface area contributed by atoms with Crippen LogP contribution < -0.4 is 5.73 Å². The number of amides is 2. The molecule has 0 aliphatic heterocycles. The number of benzene rings is 1. The van der Waals surface area contributed by atoms with Crippen LogP contribution in [0.4, 0.5) is 0 Å². The van der Waals surface area contributed by atoms with E-state index in [-0.39, 0.29) is 41.6 Å². The van der Waals surface area contributed by atoms with Gasteiger partial charge in [-0.15, -0.1) is 0 Å². The summed E-state index contributed by atoms with van der Waals surface area (Å²) in [5.74, 6) is -1.39. The van der Waals surface area contributed by atoms with E-state index in [2.05, 4.69) is 4.98 Å². The molecule has 2 fully saturated rings. The van der Waals surface area contributed by atoms with Crippen LogP contribution in [0.25, 0.3) is 10.9 Å². The first kappa shape index (κ1) is 30.8. The molecule has 2 aromatic heterocycles. The highest BCUT2D eigenvalue weighted by atomic mass is 16.4. The van der Waals surface area contributed by atoms with Gasteiger partial charge in [0.05, 0.1) is 6.04 Å². The van der Waals surface area contributed by atoms with Crippen LogP contribution in [0.1, 0.15) is 105 Å². The summed E-state index contributed by atoms with van der Waals surface area (Å²) in [6.07, 6.45) is 11.1. The van der Waals surface area contributed by atoms with Crippen molar-refractivity contribution in [3.63, 3.8) is 0 Å². The van der Waals surface area contributed by atoms with Gasteiger partial charge in [-0.3, -0.25) is 9.59 Å². The largest absolute Gasteiger partial charge is 0.476 e. The van der Waals surface area contributed by atoms with E-state index >= 15 is 0 Å². The van der Waals surface area contributed by atoms with Crippen LogP contribution in [0, 0.1) is 6.92 Å². The highest BCUT2D eigenvalue weighted by Crippen LogP contribution is 2.43. The molecule has 2 heterocycles. The lowest BCUT2D eigenvalue weighted by Gasteiger charge is -2.51. The molecule has 0 radical (unpaired) electrons. The lowest BCUT2D eigenvalue weighted by Crippen LogP contribution is -2.65. The number of hydrogen-bond acceptors (Lipinski definition) is 6. The molecule has 2 saturated carbocycles. The molecule has 0 saturated heterocycles. The number of carboxylic acid groups (broad SMARTS) is 1. The second-order valence-corrected chi connectivity index (χ2v) is 12.6. The van der Waals surface area contributed by atoms with Crippen LogP contribution in [0.15, 0.2) is 34.9 Å². The summed E-state index contributed by atoms with van der Waals surface area (Å²) in [5, 5.41) is 10.9. The Labute approximate surface area is 253 Å². The third kappa shape index (κ3) is 5.81. The molecule has 2 aliphatic carbocycles. The minimum absolute atomic E-state index is 0.0715. The summed E-state index contributed by atoms with van der Waals surface area (Å²) in [6.45, 7) is 3.20. The van der Waals surface area contributed by atoms with Crippen molar-refractivity contribution in [1.29, 1.82) is 0 Å². The lowest BCUT2D eigenvalue weighted by molar-refractivity contribution is -0.163. The van der Waals surface area contributed by atoms with Crippen molar-refractivity contribution in [3.05, 3.63) is 53.4 Å². The highest BCUT2D eigenvalue weighted by Gasteiger charge is 2.53. The highest BCUT2D eigenvalue weighted by molar-refractivity contribution is 5.94. The fourth-order valence-corrected chi connectivity index (χ4v) is 7.38. The van der Waals surface area contributed by atoms with E-state index in [0.717, 1.165) is 61.4 Å². The molecule has 2 atom stereocenters. The number of likely N-dealkylation sites (N-methyl/N-ethyl adjacent to an activating group) is 1. The maximum absolute atomic E-state index is 14.8. The summed E-state index contributed by atoms with van der Waals surface area (Å²) in [6, 6.07) is 6.38. The van der Waals surface area contributed by atoms with Gasteiger partial charge in [-0.05, 0) is 51.2 Å². The zero-order valence-corrected chi connectivity index (χ0v) is 25.8. The first-order valence-corrected chi connectivity index (χ1v) is 15.6. The van der Waals surface area contributed by atoms with E-state index in [1.54, 1.807) is 18.7 Å². The third-order valence-corrected chi connectivity index (χ3v) is 9.61. The Morgan fingerprint density at radius 3 is 2.40 bits per heavy atom. The second-order valence-electron chi connectivity index (χ2n) is 12.6. The third-order valence-electron chi connectivity index (χ3n) is 9.61. The Morgan fingerprint density at radius 2 is 1.77 bits per heavy atom. The Bertz CT molecular complexity index is 1480. The minimum atomic E-state index is -1.21. The Morgan fingerprint density at radius 1 is 1.12 bits per heavy atom. The van der Waals surface area contributed by atoms with Gasteiger partial charge in [-0.1, -0.05) is 56.7 Å². The number of rotatable bonds is 9. The number of oxazole rings is 1. The minimum Gasteiger partial charge on any atom is -0.476 e. The molecule has 1 aromatic carbocycles. The van der Waals surface area contributed by atoms with Crippen LogP contribution in [0.3, 0.4) is 0 Å². The molecule has 0 spiro atoms. The molecule has 0 bridgehead atoms. The smallest absolute Gasteiger partial charge is 0.358 e. The van der Waals surface area contributed by atoms with Crippen molar-refractivity contribution in [2.75, 3.05) is 7.05 Å². The Balaban J connectivity index is 1.69. The number of aromatic carboxylic acids is 1. The van der Waals surface area contributed by atoms with Gasteiger partial charge in [0, 0.05) is 43.7 Å². The quantitative estimate of drug-likeness (QED) is 0.352. The van der Waals surface area contributed by atoms with Crippen molar-refractivity contribution in [1.82, 2.24) is 19.4 Å². The summed E-state index contributed by atoms with van der Waals surface area (Å²) < 4.78 is 8.10. The molecule has 3 aromatic rings. The number of carbonyl (C=O) groups is 3. The number of fused-ring (bicyclic) bond motifs is 1. The zero-order chi connectivity index (χ0) is 30.9. The standard InChI is InChI=1S/C33H45N5O5/c1-21(34)30(39)38(33(17-11-6-12-18-33)32(42)37(4)24-13-7-5-8-14-24)27(29-35-28(31(40)41)22(2)43-29)19-23-20-36(3)26-16-10-9-15-25(23)26/h9-10,15-16,20-21,24,27H,5-8,11-14,17-19,34H2,1-4H3,(H,40,41)/t21-,27+/m0/s1. The number of aryl methyl sites for hydroxylation is 2. The zero-order valence-electron chi connectivity index (χ0n) is 25.8. The van der Waals surface area contributed by atoms with Crippen LogP contribution in [0.5, 0.6) is 0 Å². The monoisotopic (exact) mass is 591 g/mol. The number of para-hydroxylation sites is 1. The van der Waals surface area contributed by atoms with E-state index in [1.165, 1.54) is 6.42 Å². The topological polar surface area (TPSA) is 135 Å². The van der Waals surface area contributed by atoms with Crippen molar-refractivity contribution < 1.29 is 23.9 Å². The first-order chi connectivity index (χ1) is 20.5. The SMILES string of the molecule is Cc1oc([C@@H](Cc2cn(C)c3ccccc23)N(C(=O)[C@H](C)N)C2(C(=O)N(C)C3CCCCC3)CCCCC2)nc1C(=O)O. The molecular weight excluding hydrogens is 546 g/mol.